The number of carbonyl (C=O) groups excluding carboxylic acids is 2. The number of nitrogens with zero attached hydrogens (tertiary/aromatic N) is 2. The molecule has 1 amide bonds. The first-order valence-electron chi connectivity index (χ1n) is 6.61. The van der Waals surface area contributed by atoms with E-state index in [2.05, 4.69) is 17.0 Å². The Bertz CT molecular complexity index is 687. The van der Waals surface area contributed by atoms with Crippen LogP contribution in [0.2, 0.25) is 0 Å². The van der Waals surface area contributed by atoms with Gasteiger partial charge in [-0.05, 0) is 26.0 Å². The Balaban J connectivity index is 2.38. The van der Waals surface area contributed by atoms with Crippen molar-refractivity contribution in [1.29, 1.82) is 0 Å². The minimum atomic E-state index is -0.645. The van der Waals surface area contributed by atoms with Gasteiger partial charge in [0.2, 0.25) is 0 Å². The topological polar surface area (TPSA) is 64.0 Å². The van der Waals surface area contributed by atoms with Crippen LogP contribution in [0, 0.1) is 13.8 Å². The molecule has 2 aromatic rings. The lowest BCUT2D eigenvalue weighted by atomic mass is 10.1. The minimum Gasteiger partial charge on any atom is -0.346 e. The molecule has 108 valence electrons. The number of ketones is 1. The molecule has 5 nitrogen and oxygen atoms in total. The molecule has 0 aliphatic heterocycles. The Kier molecular flexibility index (Phi) is 4.33. The largest absolute Gasteiger partial charge is 0.346 e. The molecule has 1 aromatic heterocycles. The normalized spacial score (nSPS) is 10.2. The highest BCUT2D eigenvalue weighted by molar-refractivity contribution is 6.43. The fourth-order valence-electron chi connectivity index (χ4n) is 2.15. The minimum absolute atomic E-state index is 0.259. The standard InChI is InChI=1S/C16H17N3O2/c1-4-10-17-16(21)15(20)14-11(2)18-19(12(14)3)13-8-6-5-7-9-13/h4-9H,1,10H2,2-3H3,(H,17,21). The molecular weight excluding hydrogens is 266 g/mol. The van der Waals surface area contributed by atoms with Crippen LogP contribution in [0.25, 0.3) is 5.69 Å². The Morgan fingerprint density at radius 1 is 1.29 bits per heavy atom. The molecule has 0 atom stereocenters. The van der Waals surface area contributed by atoms with E-state index in [1.54, 1.807) is 18.5 Å². The van der Waals surface area contributed by atoms with Gasteiger partial charge in [-0.2, -0.15) is 5.10 Å². The van der Waals surface area contributed by atoms with Crippen LogP contribution in [0.15, 0.2) is 43.0 Å². The summed E-state index contributed by atoms with van der Waals surface area (Å²) in [5, 5.41) is 6.85. The third-order valence-electron chi connectivity index (χ3n) is 3.13. The second-order valence-corrected chi connectivity index (χ2v) is 4.62. The number of carbonyl (C=O) groups is 2. The van der Waals surface area contributed by atoms with Gasteiger partial charge < -0.3 is 5.32 Å². The maximum absolute atomic E-state index is 12.2. The smallest absolute Gasteiger partial charge is 0.292 e. The molecule has 1 aromatic carbocycles. The van der Waals surface area contributed by atoms with Gasteiger partial charge in [-0.3, -0.25) is 9.59 Å². The van der Waals surface area contributed by atoms with E-state index in [-0.39, 0.29) is 6.54 Å². The molecule has 0 radical (unpaired) electrons. The van der Waals surface area contributed by atoms with Gasteiger partial charge in [0.25, 0.3) is 11.7 Å². The van der Waals surface area contributed by atoms with Crippen LogP contribution in [0.5, 0.6) is 0 Å². The lowest BCUT2D eigenvalue weighted by Crippen LogP contribution is -2.31. The van der Waals surface area contributed by atoms with E-state index < -0.39 is 11.7 Å². The van der Waals surface area contributed by atoms with E-state index in [1.165, 1.54) is 6.08 Å². The van der Waals surface area contributed by atoms with Crippen molar-refractivity contribution in [3.05, 3.63) is 59.9 Å². The lowest BCUT2D eigenvalue weighted by molar-refractivity contribution is -0.116. The van der Waals surface area contributed by atoms with Crippen LogP contribution in [-0.2, 0) is 4.79 Å². The molecule has 21 heavy (non-hydrogen) atoms. The number of nitrogens with one attached hydrogen (secondary N) is 1. The highest BCUT2D eigenvalue weighted by atomic mass is 16.2. The number of Topliss-reactive ketones (excluding diaryl/α,β-unsaturated/α-hetero) is 1. The van der Waals surface area contributed by atoms with E-state index in [0.29, 0.717) is 17.0 Å². The third kappa shape index (κ3) is 2.91. The van der Waals surface area contributed by atoms with Crippen molar-refractivity contribution in [3.63, 3.8) is 0 Å². The molecule has 0 unspecified atom stereocenters. The Morgan fingerprint density at radius 2 is 1.95 bits per heavy atom. The average molecular weight is 283 g/mol. The summed E-state index contributed by atoms with van der Waals surface area (Å²) in [7, 11) is 0. The average Bonchev–Trinajstić information content (AvgIpc) is 2.80. The lowest BCUT2D eigenvalue weighted by Gasteiger charge is -2.05. The molecular formula is C16H17N3O2. The number of hydrogen-bond acceptors (Lipinski definition) is 3. The van der Waals surface area contributed by atoms with E-state index in [1.807, 2.05) is 30.3 Å². The van der Waals surface area contributed by atoms with Crippen LogP contribution in [0.1, 0.15) is 21.7 Å². The molecule has 2 rings (SSSR count). The van der Waals surface area contributed by atoms with Gasteiger partial charge in [0.1, 0.15) is 0 Å². The van der Waals surface area contributed by atoms with Crippen molar-refractivity contribution in [1.82, 2.24) is 15.1 Å². The van der Waals surface area contributed by atoms with Gasteiger partial charge in [-0.25, -0.2) is 4.68 Å². The van der Waals surface area contributed by atoms with Crippen molar-refractivity contribution in [2.24, 2.45) is 0 Å². The monoisotopic (exact) mass is 283 g/mol. The van der Waals surface area contributed by atoms with Gasteiger partial charge in [-0.15, -0.1) is 6.58 Å². The van der Waals surface area contributed by atoms with E-state index in [9.17, 15) is 9.59 Å². The summed E-state index contributed by atoms with van der Waals surface area (Å²) in [5.41, 5.74) is 2.39. The maximum Gasteiger partial charge on any atom is 0.292 e. The highest BCUT2D eigenvalue weighted by Gasteiger charge is 2.24. The predicted octanol–water partition coefficient (Wildman–Crippen LogP) is 1.97. The number of hydrogen-bond donors (Lipinski definition) is 1. The SMILES string of the molecule is C=CCNC(=O)C(=O)c1c(C)nn(-c2ccccc2)c1C. The first-order chi connectivity index (χ1) is 10.1. The van der Waals surface area contributed by atoms with Crippen molar-refractivity contribution in [2.75, 3.05) is 6.54 Å². The summed E-state index contributed by atoms with van der Waals surface area (Å²) in [6, 6.07) is 9.48. The van der Waals surface area contributed by atoms with Gasteiger partial charge in [0.05, 0.1) is 22.6 Å². The number of rotatable bonds is 5. The number of aromatic nitrogens is 2. The molecule has 0 saturated carbocycles. The zero-order chi connectivity index (χ0) is 15.4. The van der Waals surface area contributed by atoms with Gasteiger partial charge in [0.15, 0.2) is 0 Å². The molecule has 1 N–H and O–H groups in total. The summed E-state index contributed by atoms with van der Waals surface area (Å²) in [4.78, 5) is 24.0. The van der Waals surface area contributed by atoms with Gasteiger partial charge in [-0.1, -0.05) is 24.3 Å². The van der Waals surface area contributed by atoms with Crippen molar-refractivity contribution >= 4 is 11.7 Å². The Morgan fingerprint density at radius 3 is 2.57 bits per heavy atom. The van der Waals surface area contributed by atoms with Crippen molar-refractivity contribution in [3.8, 4) is 5.69 Å². The fraction of sp³-hybridized carbons (Fsp3) is 0.188. The molecule has 0 fully saturated rings. The maximum atomic E-state index is 12.2. The van der Waals surface area contributed by atoms with Crippen LogP contribution in [0.3, 0.4) is 0 Å². The van der Waals surface area contributed by atoms with Crippen molar-refractivity contribution in [2.45, 2.75) is 13.8 Å². The second kappa shape index (κ2) is 6.17. The summed E-state index contributed by atoms with van der Waals surface area (Å²) < 4.78 is 1.67. The molecule has 0 aliphatic rings. The van der Waals surface area contributed by atoms with E-state index in [4.69, 9.17) is 0 Å². The molecule has 0 spiro atoms. The quantitative estimate of drug-likeness (QED) is 0.518. The summed E-state index contributed by atoms with van der Waals surface area (Å²) >= 11 is 0. The van der Waals surface area contributed by atoms with E-state index >= 15 is 0 Å². The summed E-state index contributed by atoms with van der Waals surface area (Å²) in [6.07, 6.45) is 1.53. The molecule has 0 saturated heterocycles. The number of aryl methyl sites for hydroxylation is 1. The number of para-hydroxylation sites is 1. The highest BCUT2D eigenvalue weighted by Crippen LogP contribution is 2.18. The fourth-order valence-corrected chi connectivity index (χ4v) is 2.15. The first-order valence-corrected chi connectivity index (χ1v) is 6.61. The molecule has 0 bridgehead atoms. The van der Waals surface area contributed by atoms with Crippen LogP contribution in [0.4, 0.5) is 0 Å². The zero-order valence-corrected chi connectivity index (χ0v) is 12.1. The molecule has 0 aliphatic carbocycles. The van der Waals surface area contributed by atoms with Crippen molar-refractivity contribution < 1.29 is 9.59 Å². The second-order valence-electron chi connectivity index (χ2n) is 4.62. The van der Waals surface area contributed by atoms with Crippen LogP contribution in [-0.4, -0.2) is 28.0 Å². The van der Waals surface area contributed by atoms with Gasteiger partial charge in [0, 0.05) is 6.54 Å². The number of amides is 1. The molecule has 1 heterocycles. The van der Waals surface area contributed by atoms with Gasteiger partial charge >= 0.3 is 0 Å². The van der Waals surface area contributed by atoms with Crippen LogP contribution >= 0.6 is 0 Å². The first kappa shape index (κ1) is 14.7. The third-order valence-corrected chi connectivity index (χ3v) is 3.13. The Hall–Kier alpha value is -2.69. The van der Waals surface area contributed by atoms with E-state index in [0.717, 1.165) is 5.69 Å². The van der Waals surface area contributed by atoms with Crippen LogP contribution < -0.4 is 5.32 Å². The Labute approximate surface area is 123 Å². The predicted molar refractivity (Wildman–Crippen MR) is 80.6 cm³/mol. The summed E-state index contributed by atoms with van der Waals surface area (Å²) in [5.74, 6) is -1.22. The summed E-state index contributed by atoms with van der Waals surface area (Å²) in [6.45, 7) is 7.26. The zero-order valence-electron chi connectivity index (χ0n) is 12.1. The number of benzene rings is 1. The molecule has 5 heteroatoms.